The Bertz CT molecular complexity index is 1850. The number of ether oxygens (including phenoxy) is 1. The minimum absolute atomic E-state index is 0.0503. The second-order valence-corrected chi connectivity index (χ2v) is 12.8. The first kappa shape index (κ1) is 34.2. The molecular weight excluding hydrogens is 649 g/mol. The summed E-state index contributed by atoms with van der Waals surface area (Å²) in [6.07, 6.45) is 5.73. The number of likely N-dealkylation sites (tertiary alicyclic amines) is 1. The molecular formula is C36H39ClFN7O4. The SMILES string of the molecule is COc1nc(-c2ccnc(-c3cccc(Nc4nccc(CN5CCC(C(=O)O)CC5)c4F)c3Cl)c2C)ccc1CNC[C@H]1CCC(=O)N1. The number of aromatic nitrogens is 3. The lowest BCUT2D eigenvalue weighted by atomic mass is 9.97. The summed E-state index contributed by atoms with van der Waals surface area (Å²) in [5.74, 6) is -0.966. The molecule has 0 saturated carbocycles. The first-order valence-corrected chi connectivity index (χ1v) is 16.7. The van der Waals surface area contributed by atoms with Crippen molar-refractivity contribution in [3.8, 4) is 28.4 Å². The van der Waals surface area contributed by atoms with Gasteiger partial charge in [-0.2, -0.15) is 0 Å². The van der Waals surface area contributed by atoms with Gasteiger partial charge in [0.2, 0.25) is 11.8 Å². The quantitative estimate of drug-likeness (QED) is 0.146. The molecule has 256 valence electrons. The third kappa shape index (κ3) is 7.82. The third-order valence-corrected chi connectivity index (χ3v) is 9.62. The van der Waals surface area contributed by atoms with E-state index in [9.17, 15) is 14.7 Å². The predicted octanol–water partition coefficient (Wildman–Crippen LogP) is 5.72. The second kappa shape index (κ2) is 15.3. The van der Waals surface area contributed by atoms with Crippen LogP contribution in [0.15, 0.2) is 54.9 Å². The maximum Gasteiger partial charge on any atom is 0.306 e. The van der Waals surface area contributed by atoms with Crippen LogP contribution >= 0.6 is 11.6 Å². The van der Waals surface area contributed by atoms with Gasteiger partial charge in [-0.1, -0.05) is 29.8 Å². The van der Waals surface area contributed by atoms with E-state index >= 15 is 4.39 Å². The number of halogens is 2. The summed E-state index contributed by atoms with van der Waals surface area (Å²) in [5, 5.41) is 19.1. The fourth-order valence-corrected chi connectivity index (χ4v) is 6.70. The van der Waals surface area contributed by atoms with Crippen LogP contribution in [0, 0.1) is 18.7 Å². The summed E-state index contributed by atoms with van der Waals surface area (Å²) in [5.41, 5.74) is 5.60. The normalized spacial score (nSPS) is 16.8. The molecule has 4 N–H and O–H groups in total. The van der Waals surface area contributed by atoms with Crippen LogP contribution < -0.4 is 20.7 Å². The average molecular weight is 688 g/mol. The average Bonchev–Trinajstić information content (AvgIpc) is 3.52. The van der Waals surface area contributed by atoms with Crippen molar-refractivity contribution in [2.45, 2.75) is 51.7 Å². The van der Waals surface area contributed by atoms with Gasteiger partial charge in [-0.05, 0) is 69.1 Å². The molecule has 0 bridgehead atoms. The van der Waals surface area contributed by atoms with E-state index in [0.717, 1.165) is 23.1 Å². The standard InChI is InChI=1S/C36H39ClFN7O4/c1-21-26(28-8-6-23(35(44-28)49-2)18-39-19-25-7-9-30(46)42-25)11-15-40-33(21)27-4-3-5-29(31(27)37)43-34-32(38)24(10-14-41-34)20-45-16-12-22(13-17-45)36(47)48/h3-6,8,10-11,14-15,22,25,39H,7,9,12-13,16-20H2,1-2H3,(H,41,43)(H,42,46)(H,47,48)/t25-/m1/s1. The molecule has 13 heteroatoms. The minimum atomic E-state index is -0.777. The van der Waals surface area contributed by atoms with Gasteiger partial charge < -0.3 is 25.8 Å². The summed E-state index contributed by atoms with van der Waals surface area (Å²) in [4.78, 5) is 38.6. The van der Waals surface area contributed by atoms with Gasteiger partial charge in [0.15, 0.2) is 11.6 Å². The molecule has 2 aliphatic heterocycles. The van der Waals surface area contributed by atoms with Crippen LogP contribution in [-0.2, 0) is 22.7 Å². The number of amides is 1. The van der Waals surface area contributed by atoms with E-state index in [-0.39, 0.29) is 23.7 Å². The van der Waals surface area contributed by atoms with Gasteiger partial charge in [0.25, 0.3) is 0 Å². The monoisotopic (exact) mass is 687 g/mol. The second-order valence-electron chi connectivity index (χ2n) is 12.4. The van der Waals surface area contributed by atoms with Crippen LogP contribution in [0.25, 0.3) is 22.5 Å². The largest absolute Gasteiger partial charge is 0.481 e. The molecule has 0 unspecified atom stereocenters. The number of nitrogens with one attached hydrogen (secondary N) is 3. The van der Waals surface area contributed by atoms with Crippen LogP contribution in [0.1, 0.15) is 42.4 Å². The van der Waals surface area contributed by atoms with Crippen molar-refractivity contribution in [3.05, 3.63) is 82.4 Å². The van der Waals surface area contributed by atoms with E-state index in [1.165, 1.54) is 0 Å². The summed E-state index contributed by atoms with van der Waals surface area (Å²) in [6, 6.07) is 13.0. The molecule has 0 spiro atoms. The van der Waals surface area contributed by atoms with E-state index in [1.54, 1.807) is 31.6 Å². The molecule has 1 atom stereocenters. The lowest BCUT2D eigenvalue weighted by Gasteiger charge is -2.30. The van der Waals surface area contributed by atoms with Crippen LogP contribution in [-0.4, -0.2) is 69.6 Å². The first-order valence-electron chi connectivity index (χ1n) is 16.4. The molecule has 6 rings (SSSR count). The molecule has 3 aromatic heterocycles. The number of piperidine rings is 1. The Labute approximate surface area is 289 Å². The lowest BCUT2D eigenvalue weighted by molar-refractivity contribution is -0.143. The highest BCUT2D eigenvalue weighted by molar-refractivity contribution is 6.36. The number of anilines is 2. The lowest BCUT2D eigenvalue weighted by Crippen LogP contribution is -2.36. The molecule has 2 fully saturated rings. The fraction of sp³-hybridized carbons (Fsp3) is 0.361. The zero-order valence-electron chi connectivity index (χ0n) is 27.4. The maximum atomic E-state index is 15.7. The van der Waals surface area contributed by atoms with Crippen molar-refractivity contribution >= 4 is 35.0 Å². The highest BCUT2D eigenvalue weighted by atomic mass is 35.5. The van der Waals surface area contributed by atoms with Gasteiger partial charge in [0.1, 0.15) is 0 Å². The Balaban J connectivity index is 1.18. The minimum Gasteiger partial charge on any atom is -0.481 e. The van der Waals surface area contributed by atoms with Gasteiger partial charge in [0.05, 0.1) is 35.1 Å². The van der Waals surface area contributed by atoms with E-state index in [2.05, 4.69) is 30.8 Å². The Morgan fingerprint density at radius 3 is 2.61 bits per heavy atom. The first-order chi connectivity index (χ1) is 23.7. The van der Waals surface area contributed by atoms with E-state index in [1.807, 2.05) is 37.3 Å². The van der Waals surface area contributed by atoms with Gasteiger partial charge in [0, 0.05) is 66.7 Å². The maximum absolute atomic E-state index is 15.7. The number of aliphatic carboxylic acids is 1. The van der Waals surface area contributed by atoms with E-state index < -0.39 is 11.8 Å². The highest BCUT2D eigenvalue weighted by Gasteiger charge is 2.26. The summed E-state index contributed by atoms with van der Waals surface area (Å²) >= 11 is 6.95. The molecule has 4 aromatic rings. The van der Waals surface area contributed by atoms with Crippen LogP contribution in [0.4, 0.5) is 15.9 Å². The Morgan fingerprint density at radius 1 is 1.08 bits per heavy atom. The number of carbonyl (C=O) groups excluding carboxylic acids is 1. The number of carboxylic acid groups (broad SMARTS) is 1. The molecule has 0 radical (unpaired) electrons. The Morgan fingerprint density at radius 2 is 1.88 bits per heavy atom. The number of hydrogen-bond acceptors (Lipinski definition) is 9. The van der Waals surface area contributed by atoms with Crippen molar-refractivity contribution in [2.24, 2.45) is 5.92 Å². The number of carbonyl (C=O) groups is 2. The predicted molar refractivity (Wildman–Crippen MR) is 185 cm³/mol. The molecule has 2 saturated heterocycles. The molecule has 2 aliphatic rings. The third-order valence-electron chi connectivity index (χ3n) is 9.21. The smallest absolute Gasteiger partial charge is 0.306 e. The molecule has 5 heterocycles. The molecule has 11 nitrogen and oxygen atoms in total. The zero-order chi connectivity index (χ0) is 34.5. The number of rotatable bonds is 12. The van der Waals surface area contributed by atoms with Gasteiger partial charge in [-0.3, -0.25) is 19.5 Å². The summed E-state index contributed by atoms with van der Waals surface area (Å²) in [7, 11) is 1.59. The fourth-order valence-electron chi connectivity index (χ4n) is 6.44. The van der Waals surface area contributed by atoms with E-state index in [4.69, 9.17) is 21.3 Å². The number of methoxy groups -OCH3 is 1. The van der Waals surface area contributed by atoms with Gasteiger partial charge in [-0.25, -0.2) is 14.4 Å². The highest BCUT2D eigenvalue weighted by Crippen LogP contribution is 2.38. The Kier molecular flexibility index (Phi) is 10.7. The van der Waals surface area contributed by atoms with Crippen LogP contribution in [0.3, 0.4) is 0 Å². The number of nitrogens with zero attached hydrogens (tertiary/aromatic N) is 4. The number of hydrogen-bond donors (Lipinski definition) is 4. The molecule has 49 heavy (non-hydrogen) atoms. The topological polar surface area (TPSA) is 142 Å². The van der Waals surface area contributed by atoms with Crippen molar-refractivity contribution in [2.75, 3.05) is 32.1 Å². The number of carboxylic acids is 1. The van der Waals surface area contributed by atoms with Crippen molar-refractivity contribution in [1.29, 1.82) is 0 Å². The van der Waals surface area contributed by atoms with E-state index in [0.29, 0.717) is 91.1 Å². The van der Waals surface area contributed by atoms with Crippen molar-refractivity contribution < 1.29 is 23.8 Å². The summed E-state index contributed by atoms with van der Waals surface area (Å²) < 4.78 is 21.3. The molecule has 1 aromatic carbocycles. The van der Waals surface area contributed by atoms with Gasteiger partial charge in [-0.15, -0.1) is 0 Å². The van der Waals surface area contributed by atoms with Crippen molar-refractivity contribution in [3.63, 3.8) is 0 Å². The Hall–Kier alpha value is -4.65. The van der Waals surface area contributed by atoms with Crippen LogP contribution in [0.5, 0.6) is 5.88 Å². The summed E-state index contributed by atoms with van der Waals surface area (Å²) in [6.45, 7) is 4.71. The zero-order valence-corrected chi connectivity index (χ0v) is 28.2. The van der Waals surface area contributed by atoms with Crippen LogP contribution in [0.2, 0.25) is 5.02 Å². The number of pyridine rings is 3. The molecule has 0 aliphatic carbocycles. The van der Waals surface area contributed by atoms with Crippen molar-refractivity contribution in [1.82, 2.24) is 30.5 Å². The number of benzene rings is 1. The van der Waals surface area contributed by atoms with Gasteiger partial charge >= 0.3 is 5.97 Å². The molecule has 1 amide bonds.